The molecule has 0 aromatic carbocycles. The van der Waals surface area contributed by atoms with Crippen molar-refractivity contribution in [3.05, 3.63) is 28.5 Å². The van der Waals surface area contributed by atoms with E-state index < -0.39 is 5.60 Å². The van der Waals surface area contributed by atoms with E-state index in [0.29, 0.717) is 0 Å². The van der Waals surface area contributed by atoms with Crippen LogP contribution in [0.25, 0.3) is 0 Å². The molecular formula is C8H8BrNO. The molecule has 1 aromatic heterocycles. The second-order valence-corrected chi connectivity index (χ2v) is 3.84. The molecule has 0 amide bonds. The highest BCUT2D eigenvalue weighted by atomic mass is 79.9. The van der Waals surface area contributed by atoms with Gasteiger partial charge in [-0.05, 0) is 34.8 Å². The van der Waals surface area contributed by atoms with Gasteiger partial charge in [-0.15, -0.1) is 0 Å². The van der Waals surface area contributed by atoms with E-state index in [1.807, 2.05) is 6.07 Å². The summed E-state index contributed by atoms with van der Waals surface area (Å²) in [5, 5.41) is 9.66. The fourth-order valence-corrected chi connectivity index (χ4v) is 1.44. The molecule has 0 spiro atoms. The van der Waals surface area contributed by atoms with Crippen LogP contribution in [0.1, 0.15) is 18.4 Å². The van der Waals surface area contributed by atoms with Crippen LogP contribution in [0.3, 0.4) is 0 Å². The summed E-state index contributed by atoms with van der Waals surface area (Å²) in [5.74, 6) is 0. The highest BCUT2D eigenvalue weighted by Crippen LogP contribution is 2.45. The van der Waals surface area contributed by atoms with Gasteiger partial charge in [0.05, 0.1) is 5.60 Å². The summed E-state index contributed by atoms with van der Waals surface area (Å²) < 4.78 is 0.926. The van der Waals surface area contributed by atoms with E-state index in [0.717, 1.165) is 22.9 Å². The van der Waals surface area contributed by atoms with Crippen molar-refractivity contribution in [3.8, 4) is 0 Å². The molecule has 1 N–H and O–H groups in total. The highest BCUT2D eigenvalue weighted by molar-refractivity contribution is 9.10. The molecule has 1 aliphatic rings. The van der Waals surface area contributed by atoms with Crippen molar-refractivity contribution in [2.45, 2.75) is 18.4 Å². The monoisotopic (exact) mass is 213 g/mol. The summed E-state index contributed by atoms with van der Waals surface area (Å²) >= 11 is 3.31. The topological polar surface area (TPSA) is 33.1 Å². The summed E-state index contributed by atoms with van der Waals surface area (Å²) in [7, 11) is 0. The first-order chi connectivity index (χ1) is 5.21. The molecule has 0 unspecified atom stereocenters. The maximum atomic E-state index is 9.66. The quantitative estimate of drug-likeness (QED) is 0.773. The third-order valence-corrected chi connectivity index (χ3v) is 2.40. The molecule has 0 bridgehead atoms. The Bertz CT molecular complexity index is 283. The average molecular weight is 214 g/mol. The zero-order valence-electron chi connectivity index (χ0n) is 5.92. The lowest BCUT2D eigenvalue weighted by Crippen LogP contribution is -2.03. The van der Waals surface area contributed by atoms with E-state index in [2.05, 4.69) is 20.9 Å². The minimum absolute atomic E-state index is 0.559. The molecular weight excluding hydrogens is 206 g/mol. The van der Waals surface area contributed by atoms with Gasteiger partial charge in [0.1, 0.15) is 0 Å². The predicted molar refractivity (Wildman–Crippen MR) is 45.1 cm³/mol. The lowest BCUT2D eigenvalue weighted by atomic mass is 10.1. The van der Waals surface area contributed by atoms with Crippen LogP contribution in [0.4, 0.5) is 0 Å². The van der Waals surface area contributed by atoms with Crippen molar-refractivity contribution in [1.82, 2.24) is 4.98 Å². The van der Waals surface area contributed by atoms with Crippen LogP contribution >= 0.6 is 15.9 Å². The van der Waals surface area contributed by atoms with Gasteiger partial charge in [0.25, 0.3) is 0 Å². The van der Waals surface area contributed by atoms with Crippen molar-refractivity contribution in [2.24, 2.45) is 0 Å². The molecule has 0 atom stereocenters. The normalized spacial score (nSPS) is 19.8. The zero-order valence-corrected chi connectivity index (χ0v) is 7.50. The molecule has 0 aliphatic heterocycles. The number of halogens is 1. The first-order valence-corrected chi connectivity index (χ1v) is 4.33. The molecule has 58 valence electrons. The zero-order chi connectivity index (χ0) is 7.90. The van der Waals surface area contributed by atoms with Crippen LogP contribution in [0, 0.1) is 0 Å². The Balaban J connectivity index is 2.38. The summed E-state index contributed by atoms with van der Waals surface area (Å²) in [6.07, 6.45) is 5.17. The van der Waals surface area contributed by atoms with Gasteiger partial charge in [-0.2, -0.15) is 0 Å². The number of aliphatic hydroxyl groups is 1. The van der Waals surface area contributed by atoms with Crippen molar-refractivity contribution in [1.29, 1.82) is 0 Å². The van der Waals surface area contributed by atoms with Gasteiger partial charge in [0, 0.05) is 22.4 Å². The van der Waals surface area contributed by atoms with Gasteiger partial charge in [0.15, 0.2) is 0 Å². The van der Waals surface area contributed by atoms with E-state index in [1.165, 1.54) is 0 Å². The minimum Gasteiger partial charge on any atom is -0.385 e. The van der Waals surface area contributed by atoms with Crippen LogP contribution in [0.15, 0.2) is 22.9 Å². The molecule has 1 aliphatic carbocycles. The van der Waals surface area contributed by atoms with Crippen LogP contribution < -0.4 is 0 Å². The number of rotatable bonds is 1. The SMILES string of the molecule is OC1(c2cncc(Br)c2)CC1. The minimum atomic E-state index is -0.559. The molecule has 1 aromatic rings. The molecule has 1 heterocycles. The molecule has 3 heteroatoms. The Morgan fingerprint density at radius 1 is 1.45 bits per heavy atom. The third-order valence-electron chi connectivity index (χ3n) is 1.97. The van der Waals surface area contributed by atoms with E-state index >= 15 is 0 Å². The third kappa shape index (κ3) is 1.30. The van der Waals surface area contributed by atoms with Gasteiger partial charge in [-0.25, -0.2) is 0 Å². The average Bonchev–Trinajstić information content (AvgIpc) is 2.70. The first kappa shape index (κ1) is 7.25. The van der Waals surface area contributed by atoms with E-state index in [9.17, 15) is 5.11 Å². The second kappa shape index (κ2) is 2.29. The Labute approximate surface area is 73.4 Å². The largest absolute Gasteiger partial charge is 0.385 e. The second-order valence-electron chi connectivity index (χ2n) is 2.92. The summed E-state index contributed by atoms with van der Waals surface area (Å²) in [5.41, 5.74) is 0.364. The fraction of sp³-hybridized carbons (Fsp3) is 0.375. The van der Waals surface area contributed by atoms with Crippen molar-refractivity contribution < 1.29 is 5.11 Å². The Morgan fingerprint density at radius 3 is 2.73 bits per heavy atom. The number of pyridine rings is 1. The van der Waals surface area contributed by atoms with Crippen molar-refractivity contribution in [3.63, 3.8) is 0 Å². The lowest BCUT2D eigenvalue weighted by molar-refractivity contribution is 0.151. The maximum Gasteiger partial charge on any atom is 0.0914 e. The van der Waals surface area contributed by atoms with Gasteiger partial charge in [-0.1, -0.05) is 0 Å². The van der Waals surface area contributed by atoms with Crippen LogP contribution in [-0.2, 0) is 5.60 Å². The van der Waals surface area contributed by atoms with E-state index in [4.69, 9.17) is 0 Å². The Hall–Kier alpha value is -0.410. The molecule has 1 saturated carbocycles. The maximum absolute atomic E-state index is 9.66. The molecule has 0 radical (unpaired) electrons. The van der Waals surface area contributed by atoms with E-state index in [1.54, 1.807) is 12.4 Å². The molecule has 1 fully saturated rings. The highest BCUT2D eigenvalue weighted by Gasteiger charge is 2.42. The Kier molecular flexibility index (Phi) is 1.51. The standard InChI is InChI=1S/C8H8BrNO/c9-7-3-6(4-10-5-7)8(11)1-2-8/h3-5,11H,1-2H2. The fourth-order valence-electron chi connectivity index (χ4n) is 1.07. The van der Waals surface area contributed by atoms with Crippen LogP contribution in [0.5, 0.6) is 0 Å². The first-order valence-electron chi connectivity index (χ1n) is 3.54. The molecule has 11 heavy (non-hydrogen) atoms. The van der Waals surface area contributed by atoms with Crippen LogP contribution in [0.2, 0.25) is 0 Å². The Morgan fingerprint density at radius 2 is 2.18 bits per heavy atom. The number of nitrogens with zero attached hydrogens (tertiary/aromatic N) is 1. The van der Waals surface area contributed by atoms with Gasteiger partial charge in [0.2, 0.25) is 0 Å². The van der Waals surface area contributed by atoms with Crippen molar-refractivity contribution in [2.75, 3.05) is 0 Å². The van der Waals surface area contributed by atoms with Gasteiger partial charge >= 0.3 is 0 Å². The van der Waals surface area contributed by atoms with Crippen LogP contribution in [-0.4, -0.2) is 10.1 Å². The lowest BCUT2D eigenvalue weighted by Gasteiger charge is -2.06. The molecule has 2 nitrogen and oxygen atoms in total. The van der Waals surface area contributed by atoms with Gasteiger partial charge in [-0.3, -0.25) is 4.98 Å². The molecule has 2 rings (SSSR count). The number of hydrogen-bond donors (Lipinski definition) is 1. The predicted octanol–water partition coefficient (Wildman–Crippen LogP) is 1.83. The van der Waals surface area contributed by atoms with Gasteiger partial charge < -0.3 is 5.11 Å². The summed E-state index contributed by atoms with van der Waals surface area (Å²) in [4.78, 5) is 3.98. The molecule has 0 saturated heterocycles. The summed E-state index contributed by atoms with van der Waals surface area (Å²) in [6, 6.07) is 1.92. The van der Waals surface area contributed by atoms with Crippen molar-refractivity contribution >= 4 is 15.9 Å². The van der Waals surface area contributed by atoms with E-state index in [-0.39, 0.29) is 0 Å². The smallest absolute Gasteiger partial charge is 0.0914 e. The summed E-state index contributed by atoms with van der Waals surface area (Å²) in [6.45, 7) is 0. The number of hydrogen-bond acceptors (Lipinski definition) is 2. The number of aromatic nitrogens is 1.